The molecule has 1 heterocycles. The highest BCUT2D eigenvalue weighted by Gasteiger charge is 2.21. The number of amides is 1. The minimum absolute atomic E-state index is 0.0538. The predicted octanol–water partition coefficient (Wildman–Crippen LogP) is 1.65. The van der Waals surface area contributed by atoms with Gasteiger partial charge in [-0.2, -0.15) is 11.8 Å². The lowest BCUT2D eigenvalue weighted by Crippen LogP contribution is -2.37. The van der Waals surface area contributed by atoms with Crippen LogP contribution in [-0.2, 0) is 0 Å². The van der Waals surface area contributed by atoms with Gasteiger partial charge in [-0.25, -0.2) is 4.79 Å². The number of rotatable bonds is 5. The number of carboxylic acids is 1. The van der Waals surface area contributed by atoms with Gasteiger partial charge in [-0.3, -0.25) is 9.78 Å². The van der Waals surface area contributed by atoms with Crippen molar-refractivity contribution in [1.29, 1.82) is 0 Å². The SMILES string of the molecule is CSC(C)(C)CNC(=O)c1ncccc1C(=O)O. The lowest BCUT2D eigenvalue weighted by atomic mass is 10.1. The van der Waals surface area contributed by atoms with Gasteiger partial charge in [-0.15, -0.1) is 0 Å². The van der Waals surface area contributed by atoms with E-state index in [1.807, 2.05) is 20.1 Å². The maximum absolute atomic E-state index is 11.9. The van der Waals surface area contributed by atoms with Crippen LogP contribution in [0.2, 0.25) is 0 Å². The third kappa shape index (κ3) is 3.73. The second-order valence-corrected chi connectivity index (χ2v) is 5.86. The highest BCUT2D eigenvalue weighted by Crippen LogP contribution is 2.19. The molecule has 5 nitrogen and oxygen atoms in total. The molecular weight excluding hydrogens is 252 g/mol. The van der Waals surface area contributed by atoms with Gasteiger partial charge in [0.05, 0.1) is 5.56 Å². The number of aromatic carboxylic acids is 1. The molecule has 0 atom stereocenters. The molecule has 0 unspecified atom stereocenters. The van der Waals surface area contributed by atoms with Crippen LogP contribution >= 0.6 is 11.8 Å². The van der Waals surface area contributed by atoms with Gasteiger partial charge >= 0.3 is 5.97 Å². The standard InChI is InChI=1S/C12H16N2O3S/c1-12(2,18-3)7-14-10(15)9-8(11(16)17)5-4-6-13-9/h4-6H,7H2,1-3H3,(H,14,15)(H,16,17). The third-order valence-corrected chi connectivity index (χ3v) is 3.73. The summed E-state index contributed by atoms with van der Waals surface area (Å²) in [5.74, 6) is -1.62. The van der Waals surface area contributed by atoms with Crippen LogP contribution in [0, 0.1) is 0 Å². The number of carbonyl (C=O) groups excluding carboxylic acids is 1. The normalized spacial score (nSPS) is 11.1. The van der Waals surface area contributed by atoms with Crippen LogP contribution in [0.15, 0.2) is 18.3 Å². The van der Waals surface area contributed by atoms with Gasteiger partial charge in [-0.05, 0) is 32.2 Å². The Morgan fingerprint density at radius 2 is 2.17 bits per heavy atom. The Hall–Kier alpha value is -1.56. The fourth-order valence-electron chi connectivity index (χ4n) is 1.21. The number of aromatic nitrogens is 1. The number of nitrogens with one attached hydrogen (secondary N) is 1. The summed E-state index contributed by atoms with van der Waals surface area (Å²) in [7, 11) is 0. The van der Waals surface area contributed by atoms with E-state index < -0.39 is 11.9 Å². The molecule has 1 rings (SSSR count). The van der Waals surface area contributed by atoms with Gasteiger partial charge in [0.2, 0.25) is 0 Å². The molecule has 1 aromatic rings. The molecule has 0 aliphatic heterocycles. The van der Waals surface area contributed by atoms with Crippen molar-refractivity contribution in [2.45, 2.75) is 18.6 Å². The summed E-state index contributed by atoms with van der Waals surface area (Å²) < 4.78 is -0.103. The summed E-state index contributed by atoms with van der Waals surface area (Å²) in [5, 5.41) is 11.7. The fraction of sp³-hybridized carbons (Fsp3) is 0.417. The first-order valence-electron chi connectivity index (χ1n) is 5.39. The molecule has 1 amide bonds. The minimum atomic E-state index is -1.16. The molecule has 0 fully saturated rings. The van der Waals surface area contributed by atoms with Crippen molar-refractivity contribution < 1.29 is 14.7 Å². The predicted molar refractivity (Wildman–Crippen MR) is 71.1 cm³/mol. The average Bonchev–Trinajstić information content (AvgIpc) is 2.36. The number of hydrogen-bond donors (Lipinski definition) is 2. The average molecular weight is 268 g/mol. The zero-order chi connectivity index (χ0) is 13.8. The van der Waals surface area contributed by atoms with E-state index in [1.54, 1.807) is 11.8 Å². The molecule has 98 valence electrons. The van der Waals surface area contributed by atoms with Crippen molar-refractivity contribution in [1.82, 2.24) is 10.3 Å². The van der Waals surface area contributed by atoms with Crippen LogP contribution in [0.1, 0.15) is 34.7 Å². The van der Waals surface area contributed by atoms with Gasteiger partial charge in [0.25, 0.3) is 5.91 Å². The molecule has 6 heteroatoms. The van der Waals surface area contributed by atoms with Crippen molar-refractivity contribution in [3.05, 3.63) is 29.6 Å². The monoisotopic (exact) mass is 268 g/mol. The molecule has 0 aromatic carbocycles. The first-order valence-corrected chi connectivity index (χ1v) is 6.61. The van der Waals surface area contributed by atoms with E-state index in [9.17, 15) is 9.59 Å². The van der Waals surface area contributed by atoms with E-state index >= 15 is 0 Å². The molecule has 0 spiro atoms. The Kier molecular flexibility index (Phi) is 4.72. The second-order valence-electron chi connectivity index (χ2n) is 4.35. The lowest BCUT2D eigenvalue weighted by Gasteiger charge is -2.22. The minimum Gasteiger partial charge on any atom is -0.478 e. The van der Waals surface area contributed by atoms with Crippen molar-refractivity contribution in [2.24, 2.45) is 0 Å². The molecule has 0 aliphatic rings. The van der Waals surface area contributed by atoms with Crippen LogP contribution in [0.25, 0.3) is 0 Å². The summed E-state index contributed by atoms with van der Waals surface area (Å²) in [6.45, 7) is 4.44. The number of hydrogen-bond acceptors (Lipinski definition) is 4. The first-order chi connectivity index (χ1) is 8.37. The van der Waals surface area contributed by atoms with Crippen molar-refractivity contribution in [2.75, 3.05) is 12.8 Å². The summed E-state index contributed by atoms with van der Waals surface area (Å²) in [6.07, 6.45) is 3.36. The Morgan fingerprint density at radius 3 is 2.72 bits per heavy atom. The number of thioether (sulfide) groups is 1. The van der Waals surface area contributed by atoms with Crippen LogP contribution < -0.4 is 5.32 Å². The van der Waals surface area contributed by atoms with Crippen molar-refractivity contribution in [3.63, 3.8) is 0 Å². The van der Waals surface area contributed by atoms with E-state index in [1.165, 1.54) is 18.3 Å². The van der Waals surface area contributed by atoms with Gasteiger partial charge < -0.3 is 10.4 Å². The Bertz CT molecular complexity index is 460. The molecule has 2 N–H and O–H groups in total. The number of nitrogens with zero attached hydrogens (tertiary/aromatic N) is 1. The number of carbonyl (C=O) groups is 2. The summed E-state index contributed by atoms with van der Waals surface area (Å²) >= 11 is 1.62. The highest BCUT2D eigenvalue weighted by atomic mass is 32.2. The van der Waals surface area contributed by atoms with Gasteiger partial charge in [-0.1, -0.05) is 0 Å². The van der Waals surface area contributed by atoms with Gasteiger partial charge in [0.15, 0.2) is 0 Å². The molecule has 0 saturated carbocycles. The molecule has 0 radical (unpaired) electrons. The van der Waals surface area contributed by atoms with E-state index in [-0.39, 0.29) is 16.0 Å². The molecule has 0 aliphatic carbocycles. The quantitative estimate of drug-likeness (QED) is 0.849. The molecule has 0 bridgehead atoms. The largest absolute Gasteiger partial charge is 0.478 e. The summed E-state index contributed by atoms with van der Waals surface area (Å²) in [6, 6.07) is 2.86. The van der Waals surface area contributed by atoms with Crippen LogP contribution in [-0.4, -0.2) is 39.5 Å². The number of carboxylic acid groups (broad SMARTS) is 1. The Labute approximate surface area is 110 Å². The molecule has 0 saturated heterocycles. The molecule has 18 heavy (non-hydrogen) atoms. The first kappa shape index (κ1) is 14.5. The Balaban J connectivity index is 2.82. The van der Waals surface area contributed by atoms with Crippen LogP contribution in [0.5, 0.6) is 0 Å². The lowest BCUT2D eigenvalue weighted by molar-refractivity contribution is 0.0690. The summed E-state index contributed by atoms with van der Waals surface area (Å²) in [4.78, 5) is 26.7. The smallest absolute Gasteiger partial charge is 0.338 e. The van der Waals surface area contributed by atoms with Gasteiger partial charge in [0, 0.05) is 17.5 Å². The summed E-state index contributed by atoms with van der Waals surface area (Å²) in [5.41, 5.74) is -0.140. The number of pyridine rings is 1. The molecular formula is C12H16N2O3S. The van der Waals surface area contributed by atoms with E-state index in [0.29, 0.717) is 6.54 Å². The highest BCUT2D eigenvalue weighted by molar-refractivity contribution is 7.99. The maximum Gasteiger partial charge on any atom is 0.338 e. The zero-order valence-corrected chi connectivity index (χ0v) is 11.4. The van der Waals surface area contributed by atoms with Gasteiger partial charge in [0.1, 0.15) is 5.69 Å². The Morgan fingerprint density at radius 1 is 1.50 bits per heavy atom. The second kappa shape index (κ2) is 5.86. The zero-order valence-electron chi connectivity index (χ0n) is 10.6. The van der Waals surface area contributed by atoms with Crippen LogP contribution in [0.3, 0.4) is 0 Å². The van der Waals surface area contributed by atoms with E-state index in [0.717, 1.165) is 0 Å². The van der Waals surface area contributed by atoms with Crippen molar-refractivity contribution in [3.8, 4) is 0 Å². The molecule has 1 aromatic heterocycles. The topological polar surface area (TPSA) is 79.3 Å². The van der Waals surface area contributed by atoms with Crippen molar-refractivity contribution >= 4 is 23.6 Å². The van der Waals surface area contributed by atoms with E-state index in [4.69, 9.17) is 5.11 Å². The third-order valence-electron chi connectivity index (χ3n) is 2.48. The fourth-order valence-corrected chi connectivity index (χ4v) is 1.42. The van der Waals surface area contributed by atoms with E-state index in [2.05, 4.69) is 10.3 Å². The maximum atomic E-state index is 11.9. The van der Waals surface area contributed by atoms with Crippen LogP contribution in [0.4, 0.5) is 0 Å².